The number of rotatable bonds is 4. The molecule has 1 amide bonds. The molecule has 1 saturated carbocycles. The second-order valence-corrected chi connectivity index (χ2v) is 3.62. The zero-order valence-corrected chi connectivity index (χ0v) is 7.89. The molecular weight excluding hydrogens is 180 g/mol. The summed E-state index contributed by atoms with van der Waals surface area (Å²) in [6.45, 7) is 0.674. The van der Waals surface area contributed by atoms with Gasteiger partial charge in [-0.05, 0) is 6.42 Å². The molecule has 2 unspecified atom stereocenters. The Kier molecular flexibility index (Phi) is 2.49. The first kappa shape index (κ1) is 9.21. The molecule has 2 rings (SSSR count). The SMILES string of the molecule is NC1CC1NC(=O)CCn1ccnc1. The van der Waals surface area contributed by atoms with Gasteiger partial charge < -0.3 is 15.6 Å². The summed E-state index contributed by atoms with van der Waals surface area (Å²) in [6, 6.07) is 0.387. The zero-order chi connectivity index (χ0) is 9.97. The predicted octanol–water partition coefficient (Wildman–Crippen LogP) is -0.511. The second kappa shape index (κ2) is 3.79. The van der Waals surface area contributed by atoms with Crippen LogP contribution in [0.1, 0.15) is 12.8 Å². The average Bonchev–Trinajstić information content (AvgIpc) is 2.71. The van der Waals surface area contributed by atoms with Crippen LogP contribution in [-0.4, -0.2) is 27.5 Å². The fourth-order valence-electron chi connectivity index (χ4n) is 1.31. The molecule has 2 atom stereocenters. The summed E-state index contributed by atoms with van der Waals surface area (Å²) in [6.07, 6.45) is 6.65. The van der Waals surface area contributed by atoms with Gasteiger partial charge in [-0.2, -0.15) is 0 Å². The first-order valence-electron chi connectivity index (χ1n) is 4.76. The van der Waals surface area contributed by atoms with Crippen LogP contribution in [0.4, 0.5) is 0 Å². The van der Waals surface area contributed by atoms with E-state index in [-0.39, 0.29) is 18.0 Å². The maximum absolute atomic E-state index is 11.3. The Balaban J connectivity index is 1.68. The normalized spacial score (nSPS) is 24.6. The molecule has 1 aromatic heterocycles. The van der Waals surface area contributed by atoms with E-state index in [0.717, 1.165) is 6.42 Å². The highest BCUT2D eigenvalue weighted by Gasteiger charge is 2.34. The highest BCUT2D eigenvalue weighted by Crippen LogP contribution is 2.17. The molecular formula is C9H14N4O. The van der Waals surface area contributed by atoms with Crippen LogP contribution in [-0.2, 0) is 11.3 Å². The lowest BCUT2D eigenvalue weighted by Gasteiger charge is -2.03. The van der Waals surface area contributed by atoms with Crippen molar-refractivity contribution in [3.63, 3.8) is 0 Å². The minimum Gasteiger partial charge on any atom is -0.352 e. The summed E-state index contributed by atoms with van der Waals surface area (Å²) in [5.41, 5.74) is 5.58. The van der Waals surface area contributed by atoms with Gasteiger partial charge >= 0.3 is 0 Å². The second-order valence-electron chi connectivity index (χ2n) is 3.62. The average molecular weight is 194 g/mol. The van der Waals surface area contributed by atoms with Gasteiger partial charge in [0, 0.05) is 37.4 Å². The largest absolute Gasteiger partial charge is 0.352 e. The van der Waals surface area contributed by atoms with Crippen molar-refractivity contribution in [1.82, 2.24) is 14.9 Å². The van der Waals surface area contributed by atoms with Gasteiger partial charge in [0.1, 0.15) is 0 Å². The summed E-state index contributed by atoms with van der Waals surface area (Å²) < 4.78 is 1.88. The Hall–Kier alpha value is -1.36. The molecule has 14 heavy (non-hydrogen) atoms. The Labute approximate surface area is 82.3 Å². The number of imidazole rings is 1. The number of nitrogens with one attached hydrogen (secondary N) is 1. The van der Waals surface area contributed by atoms with Gasteiger partial charge in [0.15, 0.2) is 0 Å². The Morgan fingerprint density at radius 3 is 3.07 bits per heavy atom. The maximum Gasteiger partial charge on any atom is 0.222 e. The van der Waals surface area contributed by atoms with E-state index in [1.807, 2.05) is 10.8 Å². The van der Waals surface area contributed by atoms with Crippen LogP contribution < -0.4 is 11.1 Å². The molecule has 1 heterocycles. The first-order valence-corrected chi connectivity index (χ1v) is 4.76. The Morgan fingerprint density at radius 1 is 1.71 bits per heavy atom. The summed E-state index contributed by atoms with van der Waals surface area (Å²) in [5, 5.41) is 2.87. The number of nitrogens with zero attached hydrogens (tertiary/aromatic N) is 2. The van der Waals surface area contributed by atoms with E-state index >= 15 is 0 Å². The number of hydrogen-bond acceptors (Lipinski definition) is 3. The molecule has 1 aliphatic carbocycles. The number of carbonyl (C=O) groups excluding carboxylic acids is 1. The topological polar surface area (TPSA) is 72.9 Å². The first-order chi connectivity index (χ1) is 6.75. The number of aromatic nitrogens is 2. The third-order valence-corrected chi connectivity index (χ3v) is 2.34. The molecule has 0 aromatic carbocycles. The Bertz CT molecular complexity index is 309. The van der Waals surface area contributed by atoms with Crippen LogP contribution in [0.25, 0.3) is 0 Å². The zero-order valence-electron chi connectivity index (χ0n) is 7.89. The molecule has 3 N–H and O–H groups in total. The van der Waals surface area contributed by atoms with Gasteiger partial charge in [-0.15, -0.1) is 0 Å². The van der Waals surface area contributed by atoms with Crippen LogP contribution in [0, 0.1) is 0 Å². The van der Waals surface area contributed by atoms with Gasteiger partial charge in [-0.3, -0.25) is 4.79 Å². The molecule has 0 aliphatic heterocycles. The summed E-state index contributed by atoms with van der Waals surface area (Å²) >= 11 is 0. The standard InChI is InChI=1S/C9H14N4O/c10-7-5-8(7)12-9(14)1-3-13-4-2-11-6-13/h2,4,6-8H,1,3,5,10H2,(H,12,14). The molecule has 0 saturated heterocycles. The third kappa shape index (κ3) is 2.32. The number of amides is 1. The summed E-state index contributed by atoms with van der Waals surface area (Å²) in [7, 11) is 0. The number of hydrogen-bond donors (Lipinski definition) is 2. The lowest BCUT2D eigenvalue weighted by Crippen LogP contribution is -2.30. The minimum atomic E-state index is 0.0663. The van der Waals surface area contributed by atoms with Crippen molar-refractivity contribution in [3.05, 3.63) is 18.7 Å². The van der Waals surface area contributed by atoms with Crippen molar-refractivity contribution < 1.29 is 4.79 Å². The van der Waals surface area contributed by atoms with Crippen molar-refractivity contribution in [3.8, 4) is 0 Å². The van der Waals surface area contributed by atoms with Crippen LogP contribution in [0.2, 0.25) is 0 Å². The van der Waals surface area contributed by atoms with E-state index in [4.69, 9.17) is 5.73 Å². The molecule has 5 heteroatoms. The highest BCUT2D eigenvalue weighted by atomic mass is 16.1. The van der Waals surface area contributed by atoms with Crippen molar-refractivity contribution in [2.24, 2.45) is 5.73 Å². The van der Waals surface area contributed by atoms with E-state index in [2.05, 4.69) is 10.3 Å². The van der Waals surface area contributed by atoms with Crippen LogP contribution in [0.15, 0.2) is 18.7 Å². The van der Waals surface area contributed by atoms with Crippen LogP contribution >= 0.6 is 0 Å². The fraction of sp³-hybridized carbons (Fsp3) is 0.556. The van der Waals surface area contributed by atoms with Crippen LogP contribution in [0.5, 0.6) is 0 Å². The van der Waals surface area contributed by atoms with Gasteiger partial charge in [0.05, 0.1) is 6.33 Å². The van der Waals surface area contributed by atoms with Gasteiger partial charge in [-0.25, -0.2) is 4.98 Å². The fourth-order valence-corrected chi connectivity index (χ4v) is 1.31. The van der Waals surface area contributed by atoms with Crippen molar-refractivity contribution in [1.29, 1.82) is 0 Å². The monoisotopic (exact) mass is 194 g/mol. The smallest absolute Gasteiger partial charge is 0.222 e. The quantitative estimate of drug-likeness (QED) is 0.678. The number of aryl methyl sites for hydroxylation is 1. The lowest BCUT2D eigenvalue weighted by atomic mass is 10.4. The van der Waals surface area contributed by atoms with E-state index in [1.165, 1.54) is 0 Å². The lowest BCUT2D eigenvalue weighted by molar-refractivity contribution is -0.121. The Morgan fingerprint density at radius 2 is 2.50 bits per heavy atom. The van der Waals surface area contributed by atoms with Crippen molar-refractivity contribution >= 4 is 5.91 Å². The summed E-state index contributed by atoms with van der Waals surface area (Å²) in [4.78, 5) is 15.2. The number of carbonyl (C=O) groups is 1. The van der Waals surface area contributed by atoms with E-state index in [9.17, 15) is 4.79 Å². The van der Waals surface area contributed by atoms with Gasteiger partial charge in [0.2, 0.25) is 5.91 Å². The molecule has 76 valence electrons. The maximum atomic E-state index is 11.3. The minimum absolute atomic E-state index is 0.0663. The highest BCUT2D eigenvalue weighted by molar-refractivity contribution is 5.76. The number of nitrogens with two attached hydrogens (primary N) is 1. The van der Waals surface area contributed by atoms with E-state index in [1.54, 1.807) is 12.5 Å². The van der Waals surface area contributed by atoms with Crippen molar-refractivity contribution in [2.45, 2.75) is 31.5 Å². The molecule has 0 bridgehead atoms. The molecule has 1 aliphatic rings. The molecule has 1 fully saturated rings. The predicted molar refractivity (Wildman–Crippen MR) is 51.4 cm³/mol. The van der Waals surface area contributed by atoms with Crippen molar-refractivity contribution in [2.75, 3.05) is 0 Å². The third-order valence-electron chi connectivity index (χ3n) is 2.34. The summed E-state index contributed by atoms with van der Waals surface area (Å²) in [5.74, 6) is 0.0663. The molecule has 5 nitrogen and oxygen atoms in total. The van der Waals surface area contributed by atoms with E-state index in [0.29, 0.717) is 13.0 Å². The van der Waals surface area contributed by atoms with Gasteiger partial charge in [-0.1, -0.05) is 0 Å². The van der Waals surface area contributed by atoms with Gasteiger partial charge in [0.25, 0.3) is 0 Å². The molecule has 1 aromatic rings. The van der Waals surface area contributed by atoms with E-state index < -0.39 is 0 Å². The van der Waals surface area contributed by atoms with Crippen LogP contribution in [0.3, 0.4) is 0 Å². The molecule has 0 radical (unpaired) electrons. The molecule has 0 spiro atoms.